The Morgan fingerprint density at radius 3 is 2.71 bits per heavy atom. The molecule has 1 N–H and O–H groups in total. The Hall–Kier alpha value is -1.88. The first kappa shape index (κ1) is 11.6. The molecule has 88 valence electrons. The molecule has 0 unspecified atom stereocenters. The molecular formula is C12H11NO3S. The van der Waals surface area contributed by atoms with Crippen LogP contribution in [-0.4, -0.2) is 16.1 Å². The van der Waals surface area contributed by atoms with Gasteiger partial charge in [0.05, 0.1) is 6.20 Å². The Bertz CT molecular complexity index is 519. The maximum absolute atomic E-state index is 10.7. The van der Waals surface area contributed by atoms with Gasteiger partial charge in [0.2, 0.25) is 0 Å². The molecule has 0 spiro atoms. The number of carboxylic acids is 1. The van der Waals surface area contributed by atoms with Crippen molar-refractivity contribution in [2.45, 2.75) is 13.5 Å². The molecule has 0 fully saturated rings. The van der Waals surface area contributed by atoms with E-state index in [2.05, 4.69) is 4.98 Å². The van der Waals surface area contributed by atoms with Crippen molar-refractivity contribution >= 4 is 17.3 Å². The Balaban J connectivity index is 1.97. The minimum Gasteiger partial charge on any atom is -0.486 e. The zero-order chi connectivity index (χ0) is 12.3. The van der Waals surface area contributed by atoms with Gasteiger partial charge in [0.15, 0.2) is 0 Å². The number of carboxylic acid groups (broad SMARTS) is 1. The average molecular weight is 249 g/mol. The van der Waals surface area contributed by atoms with Gasteiger partial charge in [-0.25, -0.2) is 9.78 Å². The second kappa shape index (κ2) is 4.97. The Kier molecular flexibility index (Phi) is 3.39. The first-order valence-electron chi connectivity index (χ1n) is 5.02. The highest BCUT2D eigenvalue weighted by atomic mass is 32.1. The second-order valence-corrected chi connectivity index (χ2v) is 4.64. The van der Waals surface area contributed by atoms with Crippen LogP contribution < -0.4 is 4.74 Å². The fourth-order valence-corrected chi connectivity index (χ4v) is 1.93. The van der Waals surface area contributed by atoms with Crippen LogP contribution in [0.25, 0.3) is 0 Å². The van der Waals surface area contributed by atoms with E-state index in [4.69, 9.17) is 9.84 Å². The SMILES string of the molecule is Cc1ccc(OCc2ncc(C(=O)O)s2)cc1. The Labute approximate surface area is 103 Å². The molecule has 5 heteroatoms. The van der Waals surface area contributed by atoms with Crippen molar-refractivity contribution in [1.29, 1.82) is 0 Å². The summed E-state index contributed by atoms with van der Waals surface area (Å²) in [7, 11) is 0. The summed E-state index contributed by atoms with van der Waals surface area (Å²) in [6, 6.07) is 7.67. The summed E-state index contributed by atoms with van der Waals surface area (Å²) < 4.78 is 5.50. The van der Waals surface area contributed by atoms with Crippen LogP contribution in [-0.2, 0) is 6.61 Å². The lowest BCUT2D eigenvalue weighted by molar-refractivity contribution is 0.0702. The third-order valence-electron chi connectivity index (χ3n) is 2.15. The molecule has 0 atom stereocenters. The summed E-state index contributed by atoms with van der Waals surface area (Å²) in [5.41, 5.74) is 1.17. The molecule has 2 rings (SSSR count). The largest absolute Gasteiger partial charge is 0.486 e. The minimum absolute atomic E-state index is 0.229. The molecule has 0 bridgehead atoms. The van der Waals surface area contributed by atoms with E-state index in [0.29, 0.717) is 11.6 Å². The number of aromatic carboxylic acids is 1. The number of rotatable bonds is 4. The van der Waals surface area contributed by atoms with E-state index < -0.39 is 5.97 Å². The predicted octanol–water partition coefficient (Wildman–Crippen LogP) is 2.73. The van der Waals surface area contributed by atoms with Gasteiger partial charge in [0, 0.05) is 0 Å². The number of benzene rings is 1. The van der Waals surface area contributed by atoms with Crippen LogP contribution in [0.15, 0.2) is 30.5 Å². The molecular weight excluding hydrogens is 238 g/mol. The summed E-state index contributed by atoms with van der Waals surface area (Å²) in [6.45, 7) is 2.30. The summed E-state index contributed by atoms with van der Waals surface area (Å²) >= 11 is 1.13. The number of aromatic nitrogens is 1. The van der Waals surface area contributed by atoms with Crippen LogP contribution >= 0.6 is 11.3 Å². The molecule has 1 aromatic carbocycles. The first-order valence-corrected chi connectivity index (χ1v) is 5.84. The zero-order valence-corrected chi connectivity index (χ0v) is 10.0. The fraction of sp³-hybridized carbons (Fsp3) is 0.167. The van der Waals surface area contributed by atoms with Gasteiger partial charge in [-0.15, -0.1) is 11.3 Å². The lowest BCUT2D eigenvalue weighted by Gasteiger charge is -2.03. The first-order chi connectivity index (χ1) is 8.15. The van der Waals surface area contributed by atoms with Crippen LogP contribution in [0.1, 0.15) is 20.2 Å². The molecule has 17 heavy (non-hydrogen) atoms. The highest BCUT2D eigenvalue weighted by molar-refractivity contribution is 7.13. The number of nitrogens with zero attached hydrogens (tertiary/aromatic N) is 1. The minimum atomic E-state index is -0.955. The molecule has 0 aliphatic carbocycles. The van der Waals surface area contributed by atoms with Crippen molar-refractivity contribution in [3.8, 4) is 5.75 Å². The van der Waals surface area contributed by atoms with Crippen LogP contribution in [0, 0.1) is 6.92 Å². The number of ether oxygens (including phenoxy) is 1. The topological polar surface area (TPSA) is 59.4 Å². The summed E-state index contributed by atoms with van der Waals surface area (Å²) in [5, 5.41) is 9.40. The quantitative estimate of drug-likeness (QED) is 0.905. The molecule has 0 saturated heterocycles. The third kappa shape index (κ3) is 3.04. The van der Waals surface area contributed by atoms with Crippen LogP contribution in [0.5, 0.6) is 5.75 Å². The zero-order valence-electron chi connectivity index (χ0n) is 9.21. The number of hydrogen-bond donors (Lipinski definition) is 1. The van der Waals surface area contributed by atoms with Gasteiger partial charge in [-0.3, -0.25) is 0 Å². The van der Waals surface area contributed by atoms with Gasteiger partial charge in [0.1, 0.15) is 22.2 Å². The molecule has 4 nitrogen and oxygen atoms in total. The monoisotopic (exact) mass is 249 g/mol. The number of hydrogen-bond acceptors (Lipinski definition) is 4. The van der Waals surface area contributed by atoms with Gasteiger partial charge < -0.3 is 9.84 Å². The van der Waals surface area contributed by atoms with Crippen LogP contribution in [0.3, 0.4) is 0 Å². The molecule has 0 aliphatic heterocycles. The molecule has 2 aromatic rings. The standard InChI is InChI=1S/C12H11NO3S/c1-8-2-4-9(5-3-8)16-7-11-13-6-10(17-11)12(14)15/h2-6H,7H2,1H3,(H,14,15). The van der Waals surface area contributed by atoms with Crippen molar-refractivity contribution in [2.75, 3.05) is 0 Å². The lowest BCUT2D eigenvalue weighted by Crippen LogP contribution is -1.94. The maximum Gasteiger partial charge on any atom is 0.347 e. The number of carbonyl (C=O) groups is 1. The number of thiazole rings is 1. The predicted molar refractivity (Wildman–Crippen MR) is 64.6 cm³/mol. The normalized spacial score (nSPS) is 10.2. The lowest BCUT2D eigenvalue weighted by atomic mass is 10.2. The molecule has 0 amide bonds. The van der Waals surface area contributed by atoms with E-state index in [1.807, 2.05) is 31.2 Å². The summed E-state index contributed by atoms with van der Waals surface area (Å²) in [4.78, 5) is 14.9. The highest BCUT2D eigenvalue weighted by Gasteiger charge is 2.08. The van der Waals surface area contributed by atoms with Gasteiger partial charge in [-0.05, 0) is 19.1 Å². The molecule has 0 aliphatic rings. The third-order valence-corrected chi connectivity index (χ3v) is 3.11. The van der Waals surface area contributed by atoms with Gasteiger partial charge in [0.25, 0.3) is 0 Å². The average Bonchev–Trinajstić information content (AvgIpc) is 2.77. The van der Waals surface area contributed by atoms with Gasteiger partial charge in [-0.1, -0.05) is 17.7 Å². The molecule has 1 aromatic heterocycles. The highest BCUT2D eigenvalue weighted by Crippen LogP contribution is 2.17. The molecule has 0 saturated carbocycles. The smallest absolute Gasteiger partial charge is 0.347 e. The van der Waals surface area contributed by atoms with E-state index in [0.717, 1.165) is 17.1 Å². The number of aryl methyl sites for hydroxylation is 1. The van der Waals surface area contributed by atoms with E-state index >= 15 is 0 Å². The van der Waals surface area contributed by atoms with Gasteiger partial charge in [-0.2, -0.15) is 0 Å². The van der Waals surface area contributed by atoms with Crippen molar-refractivity contribution in [1.82, 2.24) is 4.98 Å². The second-order valence-electron chi connectivity index (χ2n) is 3.53. The summed E-state index contributed by atoms with van der Waals surface area (Å²) in [6.07, 6.45) is 1.35. The van der Waals surface area contributed by atoms with Gasteiger partial charge >= 0.3 is 5.97 Å². The van der Waals surface area contributed by atoms with E-state index in [1.165, 1.54) is 11.8 Å². The Morgan fingerprint density at radius 1 is 1.41 bits per heavy atom. The van der Waals surface area contributed by atoms with Crippen LogP contribution in [0.2, 0.25) is 0 Å². The van der Waals surface area contributed by atoms with Crippen molar-refractivity contribution in [3.63, 3.8) is 0 Å². The van der Waals surface area contributed by atoms with Crippen molar-refractivity contribution in [3.05, 3.63) is 45.9 Å². The van der Waals surface area contributed by atoms with E-state index in [-0.39, 0.29) is 4.88 Å². The van der Waals surface area contributed by atoms with E-state index in [1.54, 1.807) is 0 Å². The molecule has 1 heterocycles. The van der Waals surface area contributed by atoms with Crippen LogP contribution in [0.4, 0.5) is 0 Å². The summed E-state index contributed by atoms with van der Waals surface area (Å²) in [5.74, 6) is -0.202. The van der Waals surface area contributed by atoms with Crippen molar-refractivity contribution < 1.29 is 14.6 Å². The van der Waals surface area contributed by atoms with Crippen molar-refractivity contribution in [2.24, 2.45) is 0 Å². The maximum atomic E-state index is 10.7. The van der Waals surface area contributed by atoms with E-state index in [9.17, 15) is 4.79 Å². The Morgan fingerprint density at radius 2 is 2.12 bits per heavy atom. The fourth-order valence-electron chi connectivity index (χ4n) is 1.26. The molecule has 0 radical (unpaired) electrons.